The number of ether oxygens (including phenoxy) is 3. The molecular weight excluding hydrogens is 500 g/mol. The van der Waals surface area contributed by atoms with E-state index in [1.54, 1.807) is 54.6 Å². The first kappa shape index (κ1) is 27.9. The highest BCUT2D eigenvalue weighted by molar-refractivity contribution is 5.89. The summed E-state index contributed by atoms with van der Waals surface area (Å²) in [5, 5.41) is 0. The Morgan fingerprint density at radius 3 is 1.90 bits per heavy atom. The van der Waals surface area contributed by atoms with E-state index in [1.807, 2.05) is 54.6 Å². The molecule has 4 rings (SSSR count). The van der Waals surface area contributed by atoms with Gasteiger partial charge in [0.1, 0.15) is 25.6 Å². The van der Waals surface area contributed by atoms with Gasteiger partial charge in [0.05, 0.1) is 11.1 Å². The predicted octanol–water partition coefficient (Wildman–Crippen LogP) is 7.41. The van der Waals surface area contributed by atoms with Crippen LogP contribution in [0.5, 0.6) is 5.75 Å². The quantitative estimate of drug-likeness (QED) is 0.149. The standard InChI is InChI=1S/C35H30O5/c1-3-12-27(4-2)30-17-11-18-33(22-30)38-23-26-19-20-31(24-39-34(36)28-13-7-5-8-14-28)32(21-26)25-40-35(37)29-15-9-6-10-16-29/h1,5-22H,4,23-25H2,2H3/b27-12+. The molecule has 0 aliphatic heterocycles. The molecule has 5 nitrogen and oxygen atoms in total. The molecule has 0 aromatic heterocycles. The van der Waals surface area contributed by atoms with Gasteiger partial charge in [0.15, 0.2) is 0 Å². The zero-order valence-electron chi connectivity index (χ0n) is 22.3. The van der Waals surface area contributed by atoms with Crippen LogP contribution in [0.1, 0.15) is 56.3 Å². The lowest BCUT2D eigenvalue weighted by Crippen LogP contribution is -2.10. The maximum atomic E-state index is 12.6. The van der Waals surface area contributed by atoms with E-state index in [1.165, 1.54) is 0 Å². The monoisotopic (exact) mass is 530 g/mol. The Kier molecular flexibility index (Phi) is 9.90. The van der Waals surface area contributed by atoms with Crippen molar-refractivity contribution in [2.75, 3.05) is 0 Å². The molecule has 4 aromatic carbocycles. The van der Waals surface area contributed by atoms with E-state index >= 15 is 0 Å². The van der Waals surface area contributed by atoms with Crippen LogP contribution in [0.2, 0.25) is 0 Å². The third kappa shape index (κ3) is 7.72. The molecule has 5 heteroatoms. The van der Waals surface area contributed by atoms with Gasteiger partial charge in [-0.2, -0.15) is 0 Å². The number of rotatable bonds is 11. The second kappa shape index (κ2) is 14.2. The summed E-state index contributed by atoms with van der Waals surface area (Å²) in [5.74, 6) is 2.45. The first-order valence-electron chi connectivity index (χ1n) is 13.0. The highest BCUT2D eigenvalue weighted by atomic mass is 16.5. The van der Waals surface area contributed by atoms with E-state index in [4.69, 9.17) is 20.6 Å². The fourth-order valence-corrected chi connectivity index (χ4v) is 4.09. The van der Waals surface area contributed by atoms with Crippen LogP contribution in [0, 0.1) is 12.3 Å². The van der Waals surface area contributed by atoms with E-state index in [0.717, 1.165) is 34.2 Å². The number of allylic oxidation sites excluding steroid dienone is 2. The third-order valence-electron chi connectivity index (χ3n) is 6.26. The fourth-order valence-electron chi connectivity index (χ4n) is 4.09. The molecule has 0 amide bonds. The number of benzene rings is 4. The Hall–Kier alpha value is -5.08. The molecule has 0 saturated carbocycles. The third-order valence-corrected chi connectivity index (χ3v) is 6.26. The van der Waals surface area contributed by atoms with Crippen LogP contribution in [0.25, 0.3) is 5.57 Å². The van der Waals surface area contributed by atoms with E-state index in [2.05, 4.69) is 12.8 Å². The van der Waals surface area contributed by atoms with Gasteiger partial charge in [-0.25, -0.2) is 9.59 Å². The molecule has 0 spiro atoms. The summed E-state index contributed by atoms with van der Waals surface area (Å²) in [6, 6.07) is 31.1. The van der Waals surface area contributed by atoms with Crippen LogP contribution in [0.4, 0.5) is 0 Å². The van der Waals surface area contributed by atoms with Gasteiger partial charge in [0, 0.05) is 0 Å². The molecule has 0 saturated heterocycles. The maximum absolute atomic E-state index is 12.6. The lowest BCUT2D eigenvalue weighted by molar-refractivity contribution is 0.0435. The van der Waals surface area contributed by atoms with Crippen molar-refractivity contribution >= 4 is 17.5 Å². The fraction of sp³-hybridized carbons (Fsp3) is 0.143. The number of terminal acetylenes is 1. The topological polar surface area (TPSA) is 61.8 Å². The van der Waals surface area contributed by atoms with E-state index in [9.17, 15) is 9.59 Å². The molecule has 0 aliphatic carbocycles. The van der Waals surface area contributed by atoms with Crippen molar-refractivity contribution in [2.24, 2.45) is 0 Å². The molecule has 200 valence electrons. The number of hydrogen-bond acceptors (Lipinski definition) is 5. The van der Waals surface area contributed by atoms with E-state index in [0.29, 0.717) is 23.5 Å². The van der Waals surface area contributed by atoms with Crippen LogP contribution >= 0.6 is 0 Å². The van der Waals surface area contributed by atoms with Crippen molar-refractivity contribution in [3.63, 3.8) is 0 Å². The Morgan fingerprint density at radius 1 is 0.700 bits per heavy atom. The number of carbonyl (C=O) groups is 2. The van der Waals surface area contributed by atoms with Crippen molar-refractivity contribution in [3.05, 3.63) is 143 Å². The van der Waals surface area contributed by atoms with E-state index < -0.39 is 11.9 Å². The summed E-state index contributed by atoms with van der Waals surface area (Å²) in [6.45, 7) is 2.41. The molecule has 0 aliphatic rings. The van der Waals surface area contributed by atoms with Gasteiger partial charge < -0.3 is 14.2 Å². The van der Waals surface area contributed by atoms with Crippen LogP contribution in [-0.2, 0) is 29.3 Å². The molecule has 0 atom stereocenters. The Morgan fingerprint density at radius 2 is 1.30 bits per heavy atom. The van der Waals surface area contributed by atoms with Gasteiger partial charge in [-0.3, -0.25) is 0 Å². The average Bonchev–Trinajstić information content (AvgIpc) is 3.01. The van der Waals surface area contributed by atoms with E-state index in [-0.39, 0.29) is 13.2 Å². The highest BCUT2D eigenvalue weighted by Crippen LogP contribution is 2.24. The molecule has 0 radical (unpaired) electrons. The van der Waals surface area contributed by atoms with Crippen LogP contribution in [0.15, 0.2) is 109 Å². The largest absolute Gasteiger partial charge is 0.489 e. The molecule has 0 N–H and O–H groups in total. The van der Waals surface area contributed by atoms with Crippen LogP contribution in [-0.4, -0.2) is 11.9 Å². The molecular formula is C35H30O5. The molecule has 4 aromatic rings. The van der Waals surface area contributed by atoms with Gasteiger partial charge in [-0.1, -0.05) is 73.5 Å². The summed E-state index contributed by atoms with van der Waals surface area (Å²) in [4.78, 5) is 25.1. The first-order chi connectivity index (χ1) is 19.6. The Balaban J connectivity index is 1.49. The van der Waals surface area contributed by atoms with Gasteiger partial charge in [-0.15, -0.1) is 6.42 Å². The summed E-state index contributed by atoms with van der Waals surface area (Å²) >= 11 is 0. The van der Waals surface area contributed by atoms with Crippen LogP contribution in [0.3, 0.4) is 0 Å². The lowest BCUT2D eigenvalue weighted by Gasteiger charge is -2.14. The average molecular weight is 531 g/mol. The van der Waals surface area contributed by atoms with Crippen molar-refractivity contribution in [2.45, 2.75) is 33.2 Å². The van der Waals surface area contributed by atoms with Gasteiger partial charge in [-0.05, 0) is 82.8 Å². The van der Waals surface area contributed by atoms with Crippen LogP contribution < -0.4 is 4.74 Å². The van der Waals surface area contributed by atoms with Crippen molar-refractivity contribution in [1.29, 1.82) is 0 Å². The summed E-state index contributed by atoms with van der Waals surface area (Å²) in [5.41, 5.74) is 5.35. The summed E-state index contributed by atoms with van der Waals surface area (Å²) < 4.78 is 17.2. The first-order valence-corrected chi connectivity index (χ1v) is 13.0. The smallest absolute Gasteiger partial charge is 0.338 e. The number of hydrogen-bond donors (Lipinski definition) is 0. The summed E-state index contributed by atoms with van der Waals surface area (Å²) in [7, 11) is 0. The zero-order chi connectivity index (χ0) is 28.2. The van der Waals surface area contributed by atoms with Crippen molar-refractivity contribution < 1.29 is 23.8 Å². The highest BCUT2D eigenvalue weighted by Gasteiger charge is 2.13. The SMILES string of the molecule is C#C/C=C(\CC)c1cccc(OCc2ccc(COC(=O)c3ccccc3)c(COC(=O)c3ccccc3)c2)c1. The molecule has 0 unspecified atom stereocenters. The molecule has 0 fully saturated rings. The Labute approximate surface area is 235 Å². The van der Waals surface area contributed by atoms with Crippen molar-refractivity contribution in [3.8, 4) is 18.1 Å². The Bertz CT molecular complexity index is 1510. The second-order valence-electron chi connectivity index (χ2n) is 8.99. The minimum atomic E-state index is -0.432. The predicted molar refractivity (Wildman–Crippen MR) is 155 cm³/mol. The molecule has 40 heavy (non-hydrogen) atoms. The molecule has 0 heterocycles. The molecule has 0 bridgehead atoms. The number of carbonyl (C=O) groups excluding carboxylic acids is 2. The van der Waals surface area contributed by atoms with Gasteiger partial charge >= 0.3 is 11.9 Å². The maximum Gasteiger partial charge on any atom is 0.338 e. The van der Waals surface area contributed by atoms with Crippen molar-refractivity contribution in [1.82, 2.24) is 0 Å². The normalized spacial score (nSPS) is 10.8. The lowest BCUT2D eigenvalue weighted by atomic mass is 10.0. The van der Waals surface area contributed by atoms with Gasteiger partial charge in [0.2, 0.25) is 0 Å². The second-order valence-corrected chi connectivity index (χ2v) is 8.99. The van der Waals surface area contributed by atoms with Gasteiger partial charge in [0.25, 0.3) is 0 Å². The summed E-state index contributed by atoms with van der Waals surface area (Å²) in [6.07, 6.45) is 8.05. The zero-order valence-corrected chi connectivity index (χ0v) is 22.3. The minimum Gasteiger partial charge on any atom is -0.489 e. The number of esters is 2. The minimum absolute atomic E-state index is 0.0199.